The number of benzene rings is 1. The summed E-state index contributed by atoms with van der Waals surface area (Å²) in [7, 11) is 0. The SMILES string of the molecule is CC(C)(C)c1cc(NC(=O)CC[C@@H]2CC(=O)[C@@]3(C)CCC4c5cccc(F)c5CCC4C23)no1. The predicted molar refractivity (Wildman–Crippen MR) is 128 cm³/mol. The van der Waals surface area contributed by atoms with Gasteiger partial charge in [-0.25, -0.2) is 4.39 Å². The molecule has 0 saturated heterocycles. The molecule has 0 aliphatic heterocycles. The molecule has 2 saturated carbocycles. The highest BCUT2D eigenvalue weighted by atomic mass is 19.1. The largest absolute Gasteiger partial charge is 0.359 e. The van der Waals surface area contributed by atoms with Crippen molar-refractivity contribution in [3.8, 4) is 0 Å². The lowest BCUT2D eigenvalue weighted by molar-refractivity contribution is -0.129. The Morgan fingerprint density at radius 2 is 2.09 bits per heavy atom. The van der Waals surface area contributed by atoms with Gasteiger partial charge in [0.25, 0.3) is 0 Å². The van der Waals surface area contributed by atoms with Gasteiger partial charge in [-0.2, -0.15) is 0 Å². The minimum atomic E-state index is -0.319. The summed E-state index contributed by atoms with van der Waals surface area (Å²) in [6.07, 6.45) is 5.03. The Labute approximate surface area is 200 Å². The van der Waals surface area contributed by atoms with E-state index in [0.29, 0.717) is 42.7 Å². The highest BCUT2D eigenvalue weighted by Crippen LogP contribution is 2.62. The van der Waals surface area contributed by atoms with Gasteiger partial charge >= 0.3 is 0 Å². The Morgan fingerprint density at radius 1 is 1.29 bits per heavy atom. The standard InChI is InChI=1S/C28H35FN2O3/c1-27(2,3)23-15-24(31-34-23)30-25(33)11-8-16-14-22(32)28(4)13-12-18-17-6-5-7-21(29)19(17)9-10-20(18)26(16)28/h5-7,15-16,18,20,26H,8-14H2,1-4H3,(H,30,31,33)/t16-,18?,20?,26?,28-/m1/s1. The van der Waals surface area contributed by atoms with Crippen LogP contribution in [0.1, 0.15) is 89.0 Å². The Kier molecular flexibility index (Phi) is 5.69. The van der Waals surface area contributed by atoms with Crippen molar-refractivity contribution in [2.45, 2.75) is 84.0 Å². The number of amides is 1. The quantitative estimate of drug-likeness (QED) is 0.584. The summed E-state index contributed by atoms with van der Waals surface area (Å²) in [5.74, 6) is 2.44. The molecule has 3 aliphatic rings. The average Bonchev–Trinajstić information content (AvgIpc) is 3.35. The third kappa shape index (κ3) is 3.89. The third-order valence-corrected chi connectivity index (χ3v) is 8.82. The lowest BCUT2D eigenvalue weighted by atomic mass is 9.54. The van der Waals surface area contributed by atoms with Crippen molar-refractivity contribution < 1.29 is 18.5 Å². The molecule has 6 heteroatoms. The highest BCUT2D eigenvalue weighted by molar-refractivity contribution is 5.90. The summed E-state index contributed by atoms with van der Waals surface area (Å²) in [4.78, 5) is 25.9. The van der Waals surface area contributed by atoms with Crippen molar-refractivity contribution in [1.29, 1.82) is 0 Å². The fourth-order valence-corrected chi connectivity index (χ4v) is 7.11. The number of halogens is 1. The van der Waals surface area contributed by atoms with E-state index in [2.05, 4.69) is 23.5 Å². The van der Waals surface area contributed by atoms with E-state index >= 15 is 0 Å². The molecule has 5 nitrogen and oxygen atoms in total. The molecule has 1 aromatic heterocycles. The van der Waals surface area contributed by atoms with Crippen LogP contribution >= 0.6 is 0 Å². The van der Waals surface area contributed by atoms with Crippen LogP contribution in [0.5, 0.6) is 0 Å². The molecule has 0 bridgehead atoms. The number of carbonyl (C=O) groups is 2. The van der Waals surface area contributed by atoms with Crippen LogP contribution in [0.3, 0.4) is 0 Å². The summed E-state index contributed by atoms with van der Waals surface area (Å²) in [5.41, 5.74) is 1.52. The maximum Gasteiger partial charge on any atom is 0.225 e. The van der Waals surface area contributed by atoms with Crippen molar-refractivity contribution in [2.24, 2.45) is 23.2 Å². The lowest BCUT2D eigenvalue weighted by Crippen LogP contribution is -2.44. The molecule has 2 fully saturated rings. The Balaban J connectivity index is 1.30. The predicted octanol–water partition coefficient (Wildman–Crippen LogP) is 6.18. The van der Waals surface area contributed by atoms with Crippen LogP contribution in [0.4, 0.5) is 10.2 Å². The van der Waals surface area contributed by atoms with Gasteiger partial charge < -0.3 is 9.84 Å². The molecule has 182 valence electrons. The second-order valence-electron chi connectivity index (χ2n) is 11.9. The zero-order valence-electron chi connectivity index (χ0n) is 20.6. The minimum absolute atomic E-state index is 0.0949. The number of nitrogens with one attached hydrogen (secondary N) is 1. The van der Waals surface area contributed by atoms with Gasteiger partial charge in [-0.05, 0) is 73.0 Å². The molecule has 2 aromatic rings. The van der Waals surface area contributed by atoms with E-state index in [1.807, 2.05) is 26.8 Å². The number of fused-ring (bicyclic) bond motifs is 5. The maximum atomic E-state index is 14.5. The molecule has 34 heavy (non-hydrogen) atoms. The third-order valence-electron chi connectivity index (χ3n) is 8.82. The molecule has 1 heterocycles. The number of hydrogen-bond donors (Lipinski definition) is 1. The molecule has 5 rings (SSSR count). The van der Waals surface area contributed by atoms with Gasteiger partial charge in [0.15, 0.2) is 5.82 Å². The monoisotopic (exact) mass is 466 g/mol. The van der Waals surface area contributed by atoms with Gasteiger partial charge in [-0.15, -0.1) is 0 Å². The van der Waals surface area contributed by atoms with Crippen LogP contribution in [-0.4, -0.2) is 16.8 Å². The Bertz CT molecular complexity index is 1120. The second kappa shape index (κ2) is 8.31. The lowest BCUT2D eigenvalue weighted by Gasteiger charge is -2.50. The molecule has 3 aliphatic carbocycles. The first-order valence-corrected chi connectivity index (χ1v) is 12.7. The number of Topliss-reactive ketones (excluding diaryl/α,β-unsaturated/α-hetero) is 1. The molecular formula is C28H35FN2O3. The van der Waals surface area contributed by atoms with Crippen molar-refractivity contribution in [1.82, 2.24) is 5.16 Å². The highest BCUT2D eigenvalue weighted by Gasteiger charge is 2.58. The fraction of sp³-hybridized carbons (Fsp3) is 0.607. The topological polar surface area (TPSA) is 72.2 Å². The van der Waals surface area contributed by atoms with Crippen LogP contribution in [0, 0.1) is 29.0 Å². The number of nitrogens with zero attached hydrogens (tertiary/aromatic N) is 1. The molecule has 1 amide bonds. The summed E-state index contributed by atoms with van der Waals surface area (Å²) >= 11 is 0. The van der Waals surface area contributed by atoms with Crippen molar-refractivity contribution in [2.75, 3.05) is 5.32 Å². The van der Waals surface area contributed by atoms with E-state index in [0.717, 1.165) is 42.6 Å². The number of aromatic nitrogens is 1. The van der Waals surface area contributed by atoms with Crippen molar-refractivity contribution in [3.05, 3.63) is 47.0 Å². The molecule has 5 atom stereocenters. The van der Waals surface area contributed by atoms with Crippen LogP contribution in [-0.2, 0) is 21.4 Å². The van der Waals surface area contributed by atoms with E-state index in [-0.39, 0.29) is 34.4 Å². The Hall–Kier alpha value is -2.50. The van der Waals surface area contributed by atoms with Gasteiger partial charge in [0.05, 0.1) is 0 Å². The van der Waals surface area contributed by atoms with E-state index in [4.69, 9.17) is 4.52 Å². The summed E-state index contributed by atoms with van der Waals surface area (Å²) in [6, 6.07) is 7.24. The van der Waals surface area contributed by atoms with Gasteiger partial charge in [0.1, 0.15) is 17.4 Å². The van der Waals surface area contributed by atoms with Gasteiger partial charge in [-0.3, -0.25) is 9.59 Å². The zero-order chi connectivity index (χ0) is 24.3. The van der Waals surface area contributed by atoms with E-state index in [9.17, 15) is 14.0 Å². The Morgan fingerprint density at radius 3 is 2.82 bits per heavy atom. The van der Waals surface area contributed by atoms with Crippen LogP contribution in [0.25, 0.3) is 0 Å². The number of carbonyl (C=O) groups excluding carboxylic acids is 2. The first-order valence-electron chi connectivity index (χ1n) is 12.7. The maximum absolute atomic E-state index is 14.5. The van der Waals surface area contributed by atoms with Gasteiger partial charge in [0.2, 0.25) is 5.91 Å². The fourth-order valence-electron chi connectivity index (χ4n) is 7.11. The number of rotatable bonds is 4. The van der Waals surface area contributed by atoms with Gasteiger partial charge in [-0.1, -0.05) is 45.0 Å². The zero-order valence-corrected chi connectivity index (χ0v) is 20.6. The van der Waals surface area contributed by atoms with Gasteiger partial charge in [0, 0.05) is 29.7 Å². The number of ketones is 1. The molecule has 0 radical (unpaired) electrons. The molecule has 0 spiro atoms. The second-order valence-corrected chi connectivity index (χ2v) is 11.9. The van der Waals surface area contributed by atoms with Crippen LogP contribution in [0.2, 0.25) is 0 Å². The smallest absolute Gasteiger partial charge is 0.225 e. The first-order chi connectivity index (χ1) is 16.1. The molecule has 1 aromatic carbocycles. The average molecular weight is 467 g/mol. The summed E-state index contributed by atoms with van der Waals surface area (Å²) in [5, 5.41) is 6.84. The molecular weight excluding hydrogens is 431 g/mol. The van der Waals surface area contributed by atoms with Crippen LogP contribution in [0.15, 0.2) is 28.8 Å². The summed E-state index contributed by atoms with van der Waals surface area (Å²) in [6.45, 7) is 8.23. The minimum Gasteiger partial charge on any atom is -0.359 e. The van der Waals surface area contributed by atoms with Crippen molar-refractivity contribution >= 4 is 17.5 Å². The molecule has 3 unspecified atom stereocenters. The van der Waals surface area contributed by atoms with E-state index < -0.39 is 0 Å². The first kappa shape index (κ1) is 23.3. The number of anilines is 1. The normalized spacial score (nSPS) is 30.4. The summed E-state index contributed by atoms with van der Waals surface area (Å²) < 4.78 is 19.8. The number of hydrogen-bond acceptors (Lipinski definition) is 4. The van der Waals surface area contributed by atoms with Crippen LogP contribution < -0.4 is 5.32 Å². The van der Waals surface area contributed by atoms with E-state index in [1.54, 1.807) is 12.1 Å². The van der Waals surface area contributed by atoms with Crippen molar-refractivity contribution in [3.63, 3.8) is 0 Å². The van der Waals surface area contributed by atoms with E-state index in [1.165, 1.54) is 0 Å². The molecule has 1 N–H and O–H groups in total.